The summed E-state index contributed by atoms with van der Waals surface area (Å²) >= 11 is 6.49. The molecule has 2 aromatic rings. The molecule has 4 rings (SSSR count). The van der Waals surface area contributed by atoms with Crippen molar-refractivity contribution >= 4 is 28.8 Å². The minimum absolute atomic E-state index is 0.0112. The predicted octanol–water partition coefficient (Wildman–Crippen LogP) is 5.06. The van der Waals surface area contributed by atoms with Crippen LogP contribution in [-0.4, -0.2) is 36.1 Å². The Morgan fingerprint density at radius 2 is 1.81 bits per heavy atom. The molecule has 0 radical (unpaired) electrons. The van der Waals surface area contributed by atoms with Gasteiger partial charge in [-0.15, -0.1) is 0 Å². The highest BCUT2D eigenvalue weighted by Gasteiger charge is 2.28. The zero-order valence-electron chi connectivity index (χ0n) is 15.6. The fourth-order valence-corrected chi connectivity index (χ4v) is 4.32. The molecular formula is C22H23ClN2O2. The van der Waals surface area contributed by atoms with Crippen molar-refractivity contribution in [1.29, 1.82) is 0 Å². The number of halogens is 1. The highest BCUT2D eigenvalue weighted by Crippen LogP contribution is 2.41. The summed E-state index contributed by atoms with van der Waals surface area (Å²) in [4.78, 5) is 14.5. The summed E-state index contributed by atoms with van der Waals surface area (Å²) in [7, 11) is 2.17. The standard InChI is InChI=1S/C22H23ClN2O2/c1-13(26)21-18-11-17(19(23)12-20(18)24-22(21)27)16-5-3-14(4-6-16)15-7-9-25(2)10-8-15/h3-6,11-12,15,26H,7-10H2,1-2H3,(H,24,27)/b21-13+. The van der Waals surface area contributed by atoms with Crippen LogP contribution in [0.15, 0.2) is 42.2 Å². The number of anilines is 1. The highest BCUT2D eigenvalue weighted by molar-refractivity contribution is 6.36. The van der Waals surface area contributed by atoms with Gasteiger partial charge >= 0.3 is 0 Å². The lowest BCUT2D eigenvalue weighted by molar-refractivity contribution is -0.110. The van der Waals surface area contributed by atoms with Crippen LogP contribution in [0.3, 0.4) is 0 Å². The van der Waals surface area contributed by atoms with Gasteiger partial charge in [-0.1, -0.05) is 35.9 Å². The van der Waals surface area contributed by atoms with Gasteiger partial charge in [-0.3, -0.25) is 4.79 Å². The van der Waals surface area contributed by atoms with Crippen LogP contribution in [0.4, 0.5) is 5.69 Å². The Morgan fingerprint density at radius 1 is 1.15 bits per heavy atom. The zero-order valence-corrected chi connectivity index (χ0v) is 16.3. The van der Waals surface area contributed by atoms with Crippen molar-refractivity contribution in [2.75, 3.05) is 25.5 Å². The van der Waals surface area contributed by atoms with Crippen molar-refractivity contribution < 1.29 is 9.90 Å². The fraction of sp³-hybridized carbons (Fsp3) is 0.318. The van der Waals surface area contributed by atoms with E-state index >= 15 is 0 Å². The van der Waals surface area contributed by atoms with E-state index in [0.717, 1.165) is 24.2 Å². The van der Waals surface area contributed by atoms with Crippen molar-refractivity contribution in [2.45, 2.75) is 25.7 Å². The molecule has 1 fully saturated rings. The molecule has 0 unspecified atom stereocenters. The van der Waals surface area contributed by atoms with Gasteiger partial charge in [-0.25, -0.2) is 0 Å². The van der Waals surface area contributed by atoms with E-state index in [-0.39, 0.29) is 11.7 Å². The molecule has 5 heteroatoms. The SMILES string of the molecule is C/C(O)=C1\C(=O)Nc2cc(Cl)c(-c3ccc(C4CCN(C)CC4)cc3)cc21. The quantitative estimate of drug-likeness (QED) is 0.564. The van der Waals surface area contributed by atoms with Crippen molar-refractivity contribution in [1.82, 2.24) is 4.90 Å². The second kappa shape index (κ2) is 7.02. The van der Waals surface area contributed by atoms with E-state index < -0.39 is 0 Å². The number of hydrogen-bond donors (Lipinski definition) is 2. The van der Waals surface area contributed by atoms with Crippen LogP contribution < -0.4 is 5.32 Å². The van der Waals surface area contributed by atoms with Gasteiger partial charge in [0, 0.05) is 11.1 Å². The molecule has 0 aromatic heterocycles. The Kier molecular flexibility index (Phi) is 4.70. The molecule has 0 saturated carbocycles. The molecule has 0 spiro atoms. The minimum Gasteiger partial charge on any atom is -0.512 e. The van der Waals surface area contributed by atoms with Crippen LogP contribution in [0.25, 0.3) is 16.7 Å². The largest absolute Gasteiger partial charge is 0.512 e. The summed E-state index contributed by atoms with van der Waals surface area (Å²) in [6.45, 7) is 3.80. The first kappa shape index (κ1) is 18.1. The number of carbonyl (C=O) groups excluding carboxylic acids is 1. The molecule has 27 heavy (non-hydrogen) atoms. The number of fused-ring (bicyclic) bond motifs is 1. The molecule has 2 heterocycles. The summed E-state index contributed by atoms with van der Waals surface area (Å²) < 4.78 is 0. The van der Waals surface area contributed by atoms with Crippen molar-refractivity contribution in [2.24, 2.45) is 0 Å². The van der Waals surface area contributed by atoms with E-state index in [4.69, 9.17) is 11.6 Å². The normalized spacial score (nSPS) is 19.7. The van der Waals surface area contributed by atoms with Crippen LogP contribution in [-0.2, 0) is 4.79 Å². The third kappa shape index (κ3) is 3.35. The number of carbonyl (C=O) groups is 1. The maximum atomic E-state index is 12.1. The number of piperidine rings is 1. The molecule has 140 valence electrons. The lowest BCUT2D eigenvalue weighted by atomic mass is 9.88. The Bertz CT molecular complexity index is 922. The van der Waals surface area contributed by atoms with Gasteiger partial charge in [0.05, 0.1) is 16.3 Å². The second-order valence-corrected chi connectivity index (χ2v) is 7.90. The Hall–Kier alpha value is -2.30. The maximum Gasteiger partial charge on any atom is 0.259 e. The van der Waals surface area contributed by atoms with Crippen LogP contribution in [0.2, 0.25) is 5.02 Å². The topological polar surface area (TPSA) is 52.6 Å². The van der Waals surface area contributed by atoms with Crippen LogP contribution in [0, 0.1) is 0 Å². The van der Waals surface area contributed by atoms with Gasteiger partial charge in [0.2, 0.25) is 0 Å². The molecule has 0 atom stereocenters. The number of allylic oxidation sites excluding steroid dienone is 1. The summed E-state index contributed by atoms with van der Waals surface area (Å²) in [6, 6.07) is 12.2. The van der Waals surface area contributed by atoms with Gasteiger partial charge in [-0.05, 0) is 69.1 Å². The molecule has 1 saturated heterocycles. The van der Waals surface area contributed by atoms with E-state index in [1.165, 1.54) is 25.3 Å². The van der Waals surface area contributed by atoms with E-state index in [9.17, 15) is 9.90 Å². The number of nitrogens with zero attached hydrogens (tertiary/aromatic N) is 1. The molecule has 2 aromatic carbocycles. The molecule has 2 aliphatic rings. The number of benzene rings is 2. The summed E-state index contributed by atoms with van der Waals surface area (Å²) in [6.07, 6.45) is 2.38. The Morgan fingerprint density at radius 3 is 2.44 bits per heavy atom. The number of aliphatic hydroxyl groups excluding tert-OH is 1. The van der Waals surface area contributed by atoms with Gasteiger partial charge in [0.15, 0.2) is 0 Å². The number of amides is 1. The molecule has 2 aliphatic heterocycles. The van der Waals surface area contributed by atoms with E-state index in [1.54, 1.807) is 6.07 Å². The van der Waals surface area contributed by atoms with E-state index in [1.807, 2.05) is 6.07 Å². The van der Waals surface area contributed by atoms with Crippen LogP contribution in [0.1, 0.15) is 36.8 Å². The molecule has 0 bridgehead atoms. The second-order valence-electron chi connectivity index (χ2n) is 7.49. The molecule has 1 amide bonds. The average molecular weight is 383 g/mol. The predicted molar refractivity (Wildman–Crippen MR) is 110 cm³/mol. The summed E-state index contributed by atoms with van der Waals surface area (Å²) in [5.74, 6) is 0.326. The van der Waals surface area contributed by atoms with Crippen molar-refractivity contribution in [3.05, 3.63) is 58.3 Å². The first-order valence-electron chi connectivity index (χ1n) is 9.28. The van der Waals surface area contributed by atoms with Gasteiger partial charge in [0.1, 0.15) is 5.76 Å². The highest BCUT2D eigenvalue weighted by atomic mass is 35.5. The third-order valence-corrected chi connectivity index (χ3v) is 5.94. The van der Waals surface area contributed by atoms with E-state index in [0.29, 0.717) is 27.8 Å². The van der Waals surface area contributed by atoms with Crippen molar-refractivity contribution in [3.8, 4) is 11.1 Å². The smallest absolute Gasteiger partial charge is 0.259 e. The number of likely N-dealkylation sites (tertiary alicyclic amines) is 1. The van der Waals surface area contributed by atoms with E-state index in [2.05, 4.69) is 41.5 Å². The third-order valence-electron chi connectivity index (χ3n) is 5.63. The molecular weight excluding hydrogens is 360 g/mol. The molecule has 2 N–H and O–H groups in total. The zero-order chi connectivity index (χ0) is 19.1. The minimum atomic E-state index is -0.296. The van der Waals surface area contributed by atoms with Crippen LogP contribution in [0.5, 0.6) is 0 Å². The number of hydrogen-bond acceptors (Lipinski definition) is 3. The Balaban J connectivity index is 1.67. The first-order valence-corrected chi connectivity index (χ1v) is 9.66. The number of aliphatic hydroxyl groups is 1. The monoisotopic (exact) mass is 382 g/mol. The first-order chi connectivity index (χ1) is 12.9. The van der Waals surface area contributed by atoms with Gasteiger partial charge in [-0.2, -0.15) is 0 Å². The fourth-order valence-electron chi connectivity index (χ4n) is 4.05. The lowest BCUT2D eigenvalue weighted by Gasteiger charge is -2.29. The number of nitrogens with one attached hydrogen (secondary N) is 1. The van der Waals surface area contributed by atoms with Gasteiger partial charge < -0.3 is 15.3 Å². The number of rotatable bonds is 2. The maximum absolute atomic E-state index is 12.1. The Labute approximate surface area is 164 Å². The van der Waals surface area contributed by atoms with Crippen molar-refractivity contribution in [3.63, 3.8) is 0 Å². The molecule has 0 aliphatic carbocycles. The summed E-state index contributed by atoms with van der Waals surface area (Å²) in [5, 5.41) is 13.2. The average Bonchev–Trinajstić information content (AvgIpc) is 2.96. The van der Waals surface area contributed by atoms with Gasteiger partial charge in [0.25, 0.3) is 5.91 Å². The molecule has 4 nitrogen and oxygen atoms in total. The van der Waals surface area contributed by atoms with Crippen LogP contribution >= 0.6 is 11.6 Å². The summed E-state index contributed by atoms with van der Waals surface area (Å²) in [5.41, 5.74) is 4.88. The lowest BCUT2D eigenvalue weighted by Crippen LogP contribution is -2.29.